The van der Waals surface area contributed by atoms with Crippen LogP contribution in [0.15, 0.2) is 23.3 Å². The Labute approximate surface area is 175 Å². The molecule has 3 fully saturated rings. The van der Waals surface area contributed by atoms with Crippen molar-refractivity contribution in [3.8, 4) is 0 Å². The summed E-state index contributed by atoms with van der Waals surface area (Å²) < 4.78 is 0. The zero-order chi connectivity index (χ0) is 20.1. The van der Waals surface area contributed by atoms with Gasteiger partial charge in [-0.2, -0.15) is 0 Å². The predicted octanol–water partition coefficient (Wildman–Crippen LogP) is 8.58. The summed E-state index contributed by atoms with van der Waals surface area (Å²) in [7, 11) is 0. The highest BCUT2D eigenvalue weighted by atomic mass is 14.6. The molecule has 7 atom stereocenters. The summed E-state index contributed by atoms with van der Waals surface area (Å²) in [5.74, 6) is 5.35. The molecule has 0 spiro atoms. The molecule has 4 rings (SSSR count). The van der Waals surface area contributed by atoms with Gasteiger partial charge >= 0.3 is 0 Å². The van der Waals surface area contributed by atoms with Gasteiger partial charge in [0, 0.05) is 0 Å². The van der Waals surface area contributed by atoms with Crippen LogP contribution in [0.2, 0.25) is 0 Å². The molecule has 4 aliphatic rings. The van der Waals surface area contributed by atoms with Gasteiger partial charge < -0.3 is 0 Å². The van der Waals surface area contributed by atoms with Crippen molar-refractivity contribution in [2.75, 3.05) is 0 Å². The SMILES string of the molecule is CC(C)CCC[C@@H](C)C1CC[C@H]2C3=CC=C4C[C@@H](C)CC[C@]4(C)C3CC[C@]12C. The van der Waals surface area contributed by atoms with Crippen LogP contribution in [0.5, 0.6) is 0 Å². The van der Waals surface area contributed by atoms with Gasteiger partial charge in [0.05, 0.1) is 0 Å². The third-order valence-electron chi connectivity index (χ3n) is 10.0. The molecule has 0 heteroatoms. The summed E-state index contributed by atoms with van der Waals surface area (Å²) >= 11 is 0. The Hall–Kier alpha value is -0.520. The summed E-state index contributed by atoms with van der Waals surface area (Å²) in [4.78, 5) is 0. The zero-order valence-corrected chi connectivity index (χ0v) is 19.7. The first-order valence-corrected chi connectivity index (χ1v) is 12.7. The first-order chi connectivity index (χ1) is 13.3. The van der Waals surface area contributed by atoms with Crippen molar-refractivity contribution in [1.29, 1.82) is 0 Å². The van der Waals surface area contributed by atoms with Crippen molar-refractivity contribution in [1.82, 2.24) is 0 Å². The third-order valence-corrected chi connectivity index (χ3v) is 10.0. The molecular weight excluding hydrogens is 336 g/mol. The number of rotatable bonds is 5. The molecule has 0 heterocycles. The molecule has 0 aromatic rings. The minimum atomic E-state index is 0.485. The van der Waals surface area contributed by atoms with Crippen LogP contribution in [-0.2, 0) is 0 Å². The van der Waals surface area contributed by atoms with Gasteiger partial charge in [0.2, 0.25) is 0 Å². The van der Waals surface area contributed by atoms with E-state index >= 15 is 0 Å². The van der Waals surface area contributed by atoms with Gasteiger partial charge in [-0.15, -0.1) is 0 Å². The first kappa shape index (κ1) is 20.7. The number of allylic oxidation sites excluding steroid dienone is 4. The van der Waals surface area contributed by atoms with E-state index in [0.717, 1.165) is 35.5 Å². The molecule has 0 aromatic carbocycles. The van der Waals surface area contributed by atoms with Gasteiger partial charge in [0.1, 0.15) is 0 Å². The Morgan fingerprint density at radius 1 is 0.929 bits per heavy atom. The summed E-state index contributed by atoms with van der Waals surface area (Å²) in [6.45, 7) is 15.1. The molecule has 3 saturated carbocycles. The molecule has 0 N–H and O–H groups in total. The highest BCUT2D eigenvalue weighted by Gasteiger charge is 2.56. The van der Waals surface area contributed by atoms with Crippen LogP contribution in [0.1, 0.15) is 106 Å². The summed E-state index contributed by atoms with van der Waals surface area (Å²) in [6.07, 6.45) is 19.6. The Morgan fingerprint density at radius 3 is 2.46 bits per heavy atom. The van der Waals surface area contributed by atoms with Gasteiger partial charge in [0.15, 0.2) is 0 Å². The smallest absolute Gasteiger partial charge is 0.00474 e. The highest BCUT2D eigenvalue weighted by Crippen LogP contribution is 2.66. The van der Waals surface area contributed by atoms with Gasteiger partial charge in [-0.1, -0.05) is 84.1 Å². The normalized spacial score (nSPS) is 43.7. The number of fused-ring (bicyclic) bond motifs is 5. The van der Waals surface area contributed by atoms with Crippen LogP contribution >= 0.6 is 0 Å². The van der Waals surface area contributed by atoms with Gasteiger partial charge in [-0.3, -0.25) is 0 Å². The van der Waals surface area contributed by atoms with Crippen LogP contribution in [-0.4, -0.2) is 0 Å². The topological polar surface area (TPSA) is 0 Å². The van der Waals surface area contributed by atoms with Crippen molar-refractivity contribution in [3.63, 3.8) is 0 Å². The van der Waals surface area contributed by atoms with E-state index in [1.165, 1.54) is 64.2 Å². The highest BCUT2D eigenvalue weighted by molar-refractivity contribution is 5.38. The fourth-order valence-electron chi connectivity index (χ4n) is 8.21. The van der Waals surface area contributed by atoms with Crippen molar-refractivity contribution < 1.29 is 0 Å². The van der Waals surface area contributed by atoms with Gasteiger partial charge in [-0.25, -0.2) is 0 Å². The van der Waals surface area contributed by atoms with E-state index in [2.05, 4.69) is 53.7 Å². The lowest BCUT2D eigenvalue weighted by Crippen LogP contribution is -2.46. The van der Waals surface area contributed by atoms with E-state index in [1.54, 1.807) is 5.57 Å². The van der Waals surface area contributed by atoms with E-state index in [4.69, 9.17) is 0 Å². The fourth-order valence-corrected chi connectivity index (χ4v) is 8.21. The van der Waals surface area contributed by atoms with Crippen molar-refractivity contribution >= 4 is 0 Å². The van der Waals surface area contributed by atoms with E-state index in [0.29, 0.717) is 10.8 Å². The monoisotopic (exact) mass is 382 g/mol. The molecule has 158 valence electrons. The zero-order valence-electron chi connectivity index (χ0n) is 19.7. The average Bonchev–Trinajstić information content (AvgIpc) is 2.99. The largest absolute Gasteiger partial charge is 0.0634 e. The maximum atomic E-state index is 2.69. The molecule has 0 radical (unpaired) electrons. The number of hydrogen-bond donors (Lipinski definition) is 0. The Balaban J connectivity index is 1.53. The lowest BCUT2D eigenvalue weighted by Gasteiger charge is -2.55. The fraction of sp³-hybridized carbons (Fsp3) is 0.857. The Kier molecular flexibility index (Phi) is 5.65. The second kappa shape index (κ2) is 7.63. The summed E-state index contributed by atoms with van der Waals surface area (Å²) in [6, 6.07) is 0. The third kappa shape index (κ3) is 3.35. The Morgan fingerprint density at radius 2 is 1.71 bits per heavy atom. The summed E-state index contributed by atoms with van der Waals surface area (Å²) in [5, 5.41) is 0. The van der Waals surface area contributed by atoms with Crippen LogP contribution < -0.4 is 0 Å². The minimum Gasteiger partial charge on any atom is -0.0634 e. The molecular formula is C28H46. The van der Waals surface area contributed by atoms with Gasteiger partial charge in [0.25, 0.3) is 0 Å². The lowest BCUT2D eigenvalue weighted by atomic mass is 9.49. The molecule has 0 aromatic heterocycles. The molecule has 4 aliphatic carbocycles. The first-order valence-electron chi connectivity index (χ1n) is 12.7. The van der Waals surface area contributed by atoms with E-state index in [1.807, 2.05) is 5.57 Å². The van der Waals surface area contributed by atoms with Crippen LogP contribution in [0.3, 0.4) is 0 Å². The molecule has 28 heavy (non-hydrogen) atoms. The van der Waals surface area contributed by atoms with Crippen molar-refractivity contribution in [3.05, 3.63) is 23.3 Å². The molecule has 0 amide bonds. The van der Waals surface area contributed by atoms with Crippen molar-refractivity contribution in [2.45, 2.75) is 106 Å². The van der Waals surface area contributed by atoms with Gasteiger partial charge in [-0.05, 0) is 91.3 Å². The van der Waals surface area contributed by atoms with E-state index < -0.39 is 0 Å². The number of hydrogen-bond acceptors (Lipinski definition) is 0. The second-order valence-electron chi connectivity index (χ2n) is 12.3. The van der Waals surface area contributed by atoms with E-state index in [-0.39, 0.29) is 0 Å². The predicted molar refractivity (Wildman–Crippen MR) is 122 cm³/mol. The lowest BCUT2D eigenvalue weighted by molar-refractivity contribution is 0.0447. The maximum Gasteiger partial charge on any atom is -0.00474 e. The van der Waals surface area contributed by atoms with Crippen molar-refractivity contribution in [2.24, 2.45) is 46.3 Å². The van der Waals surface area contributed by atoms with Crippen LogP contribution in [0.25, 0.3) is 0 Å². The summed E-state index contributed by atoms with van der Waals surface area (Å²) in [5.41, 5.74) is 4.73. The molecule has 0 aliphatic heterocycles. The molecule has 0 bridgehead atoms. The standard InChI is InChI=1S/C28H46/c1-19(2)8-7-9-21(4)24-12-13-25-23-11-10-22-18-20(3)14-16-27(22,5)26(23)15-17-28(24,25)6/h10-11,19-21,24-26H,7-9,12-18H2,1-6H3/t20-,21+,24?,25-,26?,27-,28+/m0/s1. The van der Waals surface area contributed by atoms with E-state index in [9.17, 15) is 0 Å². The molecule has 2 unspecified atom stereocenters. The van der Waals surface area contributed by atoms with Crippen LogP contribution in [0, 0.1) is 46.3 Å². The second-order valence-corrected chi connectivity index (χ2v) is 12.3. The quantitative estimate of drug-likeness (QED) is 0.446. The molecule has 0 saturated heterocycles. The molecule has 0 nitrogen and oxygen atoms in total. The Bertz CT molecular complexity index is 636. The maximum absolute atomic E-state index is 2.69. The average molecular weight is 383 g/mol. The minimum absolute atomic E-state index is 0.485. The van der Waals surface area contributed by atoms with Crippen LogP contribution in [0.4, 0.5) is 0 Å².